The van der Waals surface area contributed by atoms with E-state index in [9.17, 15) is 32.7 Å². The number of benzene rings is 2. The topological polar surface area (TPSA) is 110 Å². The number of anilines is 2. The quantitative estimate of drug-likeness (QED) is 0.542. The Kier molecular flexibility index (Phi) is 6.92. The highest BCUT2D eigenvalue weighted by atomic mass is 19.4. The van der Waals surface area contributed by atoms with Crippen molar-refractivity contribution < 1.29 is 37.8 Å². The van der Waals surface area contributed by atoms with Crippen LogP contribution in [0.15, 0.2) is 42.5 Å². The van der Waals surface area contributed by atoms with Crippen LogP contribution in [0, 0.1) is 12.8 Å². The lowest BCUT2D eigenvalue weighted by atomic mass is 9.99. The number of aliphatic carboxylic acids is 1. The van der Waals surface area contributed by atoms with E-state index < -0.39 is 48.7 Å². The number of nitrogens with zero attached hydrogens (tertiary/aromatic N) is 2. The molecule has 0 bridgehead atoms. The summed E-state index contributed by atoms with van der Waals surface area (Å²) in [5.74, 6) is -3.99. The number of rotatable bonds is 7. The highest BCUT2D eigenvalue weighted by Gasteiger charge is 2.44. The second-order valence-corrected chi connectivity index (χ2v) is 7.49. The van der Waals surface area contributed by atoms with Gasteiger partial charge in [-0.25, -0.2) is 4.79 Å². The zero-order valence-corrected chi connectivity index (χ0v) is 17.6. The summed E-state index contributed by atoms with van der Waals surface area (Å²) in [5.41, 5.74) is 0.0168. The van der Waals surface area contributed by atoms with Crippen molar-refractivity contribution in [2.45, 2.75) is 19.6 Å². The van der Waals surface area contributed by atoms with Crippen molar-refractivity contribution in [3.05, 3.63) is 59.2 Å². The zero-order valence-electron chi connectivity index (χ0n) is 17.6. The highest BCUT2D eigenvalue weighted by molar-refractivity contribution is 6.12. The number of carbonyl (C=O) groups is 3. The number of urea groups is 1. The third kappa shape index (κ3) is 5.08. The van der Waals surface area contributed by atoms with Crippen LogP contribution in [0.5, 0.6) is 0 Å². The third-order valence-electron chi connectivity index (χ3n) is 5.39. The Hall–Kier alpha value is -3.60. The van der Waals surface area contributed by atoms with Gasteiger partial charge in [-0.2, -0.15) is 13.2 Å². The average molecular weight is 465 g/mol. The van der Waals surface area contributed by atoms with Gasteiger partial charge >= 0.3 is 18.2 Å². The van der Waals surface area contributed by atoms with Crippen molar-refractivity contribution >= 4 is 29.3 Å². The lowest BCUT2D eigenvalue weighted by Gasteiger charge is -2.37. The molecule has 11 heteroatoms. The van der Waals surface area contributed by atoms with Crippen LogP contribution in [-0.2, 0) is 22.3 Å². The maximum Gasteiger partial charge on any atom is 0.416 e. The van der Waals surface area contributed by atoms with Gasteiger partial charge in [-0.3, -0.25) is 19.4 Å². The zero-order chi connectivity index (χ0) is 24.3. The molecule has 2 aromatic carbocycles. The van der Waals surface area contributed by atoms with Crippen LogP contribution < -0.4 is 10.2 Å². The van der Waals surface area contributed by atoms with E-state index in [2.05, 4.69) is 5.32 Å². The summed E-state index contributed by atoms with van der Waals surface area (Å²) in [6.45, 7) is 0.556. The van der Waals surface area contributed by atoms with E-state index in [4.69, 9.17) is 5.11 Å². The molecule has 1 saturated heterocycles. The summed E-state index contributed by atoms with van der Waals surface area (Å²) in [4.78, 5) is 39.4. The van der Waals surface area contributed by atoms with Gasteiger partial charge < -0.3 is 15.5 Å². The van der Waals surface area contributed by atoms with Gasteiger partial charge in [0.1, 0.15) is 0 Å². The molecule has 33 heavy (non-hydrogen) atoms. The predicted octanol–water partition coefficient (Wildman–Crippen LogP) is 3.09. The first kappa shape index (κ1) is 24.1. The molecule has 0 radical (unpaired) electrons. The lowest BCUT2D eigenvalue weighted by molar-refractivity contribution is -0.150. The van der Waals surface area contributed by atoms with E-state index in [1.807, 2.05) is 0 Å². The number of carboxylic acid groups (broad SMARTS) is 1. The molecule has 1 unspecified atom stereocenters. The molecule has 1 heterocycles. The van der Waals surface area contributed by atoms with E-state index in [1.165, 1.54) is 19.1 Å². The molecule has 0 aliphatic carbocycles. The number of alkyl halides is 3. The normalized spacial score (nSPS) is 16.8. The van der Waals surface area contributed by atoms with E-state index in [0.29, 0.717) is 22.8 Å². The average Bonchev–Trinajstić information content (AvgIpc) is 2.75. The maximum absolute atomic E-state index is 13.3. The number of carbonyl (C=O) groups excluding carboxylic acids is 2. The molecule has 1 atom stereocenters. The summed E-state index contributed by atoms with van der Waals surface area (Å²) in [6.07, 6.45) is -4.61. The minimum Gasteiger partial charge on any atom is -0.481 e. The van der Waals surface area contributed by atoms with Crippen LogP contribution >= 0.6 is 0 Å². The first-order valence-corrected chi connectivity index (χ1v) is 10.0. The largest absolute Gasteiger partial charge is 0.481 e. The second kappa shape index (κ2) is 9.49. The molecule has 1 aliphatic rings. The van der Waals surface area contributed by atoms with Gasteiger partial charge in [0, 0.05) is 24.5 Å². The highest BCUT2D eigenvalue weighted by Crippen LogP contribution is 2.34. The number of carboxylic acids is 1. The maximum atomic E-state index is 13.3. The molecular formula is C22H22F3N3O5. The number of aliphatic hydroxyl groups excluding tert-OH is 1. The third-order valence-corrected chi connectivity index (χ3v) is 5.39. The Morgan fingerprint density at radius 1 is 1.15 bits per heavy atom. The Bertz CT molecular complexity index is 1060. The fraction of sp³-hybridized carbons (Fsp3) is 0.318. The van der Waals surface area contributed by atoms with Crippen molar-refractivity contribution in [3.8, 4) is 0 Å². The SMILES string of the molecule is Cc1c(CN2C(=O)C(C(=O)O)CN(c3ccc(NCCO)cc3)C2=O)cccc1C(F)(F)F. The Balaban J connectivity index is 1.93. The summed E-state index contributed by atoms with van der Waals surface area (Å²) >= 11 is 0. The molecule has 1 aliphatic heterocycles. The van der Waals surface area contributed by atoms with Crippen molar-refractivity contribution in [3.63, 3.8) is 0 Å². The first-order chi connectivity index (χ1) is 15.5. The predicted molar refractivity (Wildman–Crippen MR) is 113 cm³/mol. The van der Waals surface area contributed by atoms with Crippen LogP contribution in [0.1, 0.15) is 16.7 Å². The fourth-order valence-electron chi connectivity index (χ4n) is 3.60. The van der Waals surface area contributed by atoms with Crippen LogP contribution in [0.3, 0.4) is 0 Å². The summed E-state index contributed by atoms with van der Waals surface area (Å²) in [7, 11) is 0. The smallest absolute Gasteiger partial charge is 0.416 e. The second-order valence-electron chi connectivity index (χ2n) is 7.49. The number of aliphatic hydroxyl groups is 1. The number of nitrogens with one attached hydrogen (secondary N) is 1. The monoisotopic (exact) mass is 465 g/mol. The fourth-order valence-corrected chi connectivity index (χ4v) is 3.60. The van der Waals surface area contributed by atoms with Gasteiger partial charge in [-0.1, -0.05) is 12.1 Å². The van der Waals surface area contributed by atoms with Crippen LogP contribution in [0.25, 0.3) is 0 Å². The lowest BCUT2D eigenvalue weighted by Crippen LogP contribution is -2.58. The summed E-state index contributed by atoms with van der Waals surface area (Å²) in [5, 5.41) is 21.3. The van der Waals surface area contributed by atoms with Crippen LogP contribution in [0.4, 0.5) is 29.3 Å². The van der Waals surface area contributed by atoms with Crippen LogP contribution in [-0.4, -0.2) is 52.7 Å². The van der Waals surface area contributed by atoms with Gasteiger partial charge in [0.05, 0.1) is 18.7 Å². The molecule has 1 fully saturated rings. The standard InChI is InChI=1S/C22H22F3N3O5/c1-13-14(3-2-4-18(13)22(23,24)25)11-28-19(30)17(20(31)32)12-27(21(28)33)16-7-5-15(6-8-16)26-9-10-29/h2-8,17,26,29H,9-12H2,1H3,(H,31,32). The van der Waals surface area contributed by atoms with E-state index in [1.54, 1.807) is 24.3 Å². The van der Waals surface area contributed by atoms with Gasteiger partial charge in [-0.05, 0) is 48.4 Å². The molecule has 0 spiro atoms. The molecule has 3 N–H and O–H groups in total. The number of amides is 3. The number of imide groups is 1. The van der Waals surface area contributed by atoms with E-state index in [0.717, 1.165) is 11.0 Å². The van der Waals surface area contributed by atoms with Crippen molar-refractivity contribution in [2.75, 3.05) is 29.9 Å². The number of hydrogen-bond acceptors (Lipinski definition) is 5. The van der Waals surface area contributed by atoms with Crippen molar-refractivity contribution in [1.82, 2.24) is 4.90 Å². The van der Waals surface area contributed by atoms with E-state index >= 15 is 0 Å². The van der Waals surface area contributed by atoms with E-state index in [-0.39, 0.29) is 17.7 Å². The first-order valence-electron chi connectivity index (χ1n) is 10.0. The van der Waals surface area contributed by atoms with Gasteiger partial charge in [0.15, 0.2) is 5.92 Å². The summed E-state index contributed by atoms with van der Waals surface area (Å²) in [6, 6.07) is 8.93. The Morgan fingerprint density at radius 2 is 1.82 bits per heavy atom. The molecule has 3 rings (SSSR count). The van der Waals surface area contributed by atoms with Crippen LogP contribution in [0.2, 0.25) is 0 Å². The minimum atomic E-state index is -4.61. The molecule has 0 saturated carbocycles. The molecular weight excluding hydrogens is 443 g/mol. The molecule has 8 nitrogen and oxygen atoms in total. The molecule has 3 amide bonds. The molecule has 0 aromatic heterocycles. The van der Waals surface area contributed by atoms with Crippen molar-refractivity contribution in [1.29, 1.82) is 0 Å². The Labute approximate surface area is 187 Å². The van der Waals surface area contributed by atoms with Gasteiger partial charge in [0.2, 0.25) is 5.91 Å². The van der Waals surface area contributed by atoms with Gasteiger partial charge in [-0.15, -0.1) is 0 Å². The van der Waals surface area contributed by atoms with Gasteiger partial charge in [0.25, 0.3) is 0 Å². The number of halogens is 3. The molecule has 176 valence electrons. The van der Waals surface area contributed by atoms with Crippen molar-refractivity contribution in [2.24, 2.45) is 5.92 Å². The minimum absolute atomic E-state index is 0.0843. The molecule has 2 aromatic rings. The number of hydrogen-bond donors (Lipinski definition) is 3. The summed E-state index contributed by atoms with van der Waals surface area (Å²) < 4.78 is 39.8. The Morgan fingerprint density at radius 3 is 2.39 bits per heavy atom.